The summed E-state index contributed by atoms with van der Waals surface area (Å²) < 4.78 is 5.18. The molecule has 0 radical (unpaired) electrons. The number of hydrogen-bond acceptors (Lipinski definition) is 3. The number of ether oxygens (including phenoxy) is 1. The van der Waals surface area contributed by atoms with Crippen molar-refractivity contribution >= 4 is 10.8 Å². The average molecular weight is 188 g/mol. The van der Waals surface area contributed by atoms with Gasteiger partial charge in [0.05, 0.1) is 7.11 Å². The zero-order chi connectivity index (χ0) is 9.97. The van der Waals surface area contributed by atoms with Crippen molar-refractivity contribution in [3.63, 3.8) is 0 Å². The van der Waals surface area contributed by atoms with Crippen molar-refractivity contribution in [2.75, 3.05) is 7.11 Å². The minimum absolute atomic E-state index is 0.498. The van der Waals surface area contributed by atoms with Crippen LogP contribution in [0.1, 0.15) is 5.56 Å². The lowest BCUT2D eigenvalue weighted by Gasteiger charge is -2.07. The molecule has 0 unspecified atom stereocenters. The van der Waals surface area contributed by atoms with Gasteiger partial charge in [-0.05, 0) is 17.0 Å². The molecule has 0 atom stereocenters. The Kier molecular flexibility index (Phi) is 2.33. The van der Waals surface area contributed by atoms with Crippen LogP contribution in [-0.4, -0.2) is 12.1 Å². The second-order valence-corrected chi connectivity index (χ2v) is 3.04. The fraction of sp³-hybridized carbons (Fsp3) is 0.182. The first-order valence-corrected chi connectivity index (χ1v) is 4.47. The monoisotopic (exact) mass is 188 g/mol. The Morgan fingerprint density at radius 3 is 2.64 bits per heavy atom. The highest BCUT2D eigenvalue weighted by Crippen LogP contribution is 2.25. The van der Waals surface area contributed by atoms with Gasteiger partial charge >= 0.3 is 0 Å². The number of nitrogens with two attached hydrogens (primary N) is 1. The smallest absolute Gasteiger partial charge is 0.221 e. The summed E-state index contributed by atoms with van der Waals surface area (Å²) in [6.45, 7) is 0.498. The molecule has 0 aliphatic carbocycles. The van der Waals surface area contributed by atoms with Crippen LogP contribution < -0.4 is 10.5 Å². The second kappa shape index (κ2) is 3.64. The van der Waals surface area contributed by atoms with Gasteiger partial charge < -0.3 is 10.5 Å². The molecule has 1 heterocycles. The molecule has 2 aromatic rings. The molecule has 1 aromatic carbocycles. The number of rotatable bonds is 2. The summed E-state index contributed by atoms with van der Waals surface area (Å²) in [5.41, 5.74) is 6.67. The average Bonchev–Trinajstić information content (AvgIpc) is 2.27. The van der Waals surface area contributed by atoms with Crippen molar-refractivity contribution < 1.29 is 4.74 Å². The maximum absolute atomic E-state index is 5.63. The minimum atomic E-state index is 0.498. The Bertz CT molecular complexity index is 411. The molecule has 14 heavy (non-hydrogen) atoms. The van der Waals surface area contributed by atoms with Crippen molar-refractivity contribution in [3.8, 4) is 5.88 Å². The lowest BCUT2D eigenvalue weighted by molar-refractivity contribution is 0.403. The highest BCUT2D eigenvalue weighted by atomic mass is 16.5. The van der Waals surface area contributed by atoms with Crippen LogP contribution in [0, 0.1) is 0 Å². The summed E-state index contributed by atoms with van der Waals surface area (Å²) in [6.07, 6.45) is 1.77. The zero-order valence-electron chi connectivity index (χ0n) is 8.03. The summed E-state index contributed by atoms with van der Waals surface area (Å²) in [5, 5.41) is 2.12. The van der Waals surface area contributed by atoms with Gasteiger partial charge in [-0.2, -0.15) is 0 Å². The molecule has 2 N–H and O–H groups in total. The SMILES string of the molecule is COc1ncc(CN)c2ccccc12. The molecule has 0 saturated heterocycles. The van der Waals surface area contributed by atoms with E-state index in [9.17, 15) is 0 Å². The molecule has 72 valence electrons. The van der Waals surface area contributed by atoms with Crippen molar-refractivity contribution in [2.24, 2.45) is 5.73 Å². The van der Waals surface area contributed by atoms with Crippen LogP contribution in [0.25, 0.3) is 10.8 Å². The molecular weight excluding hydrogens is 176 g/mol. The zero-order valence-corrected chi connectivity index (χ0v) is 8.03. The first-order valence-electron chi connectivity index (χ1n) is 4.47. The van der Waals surface area contributed by atoms with E-state index < -0.39 is 0 Å². The lowest BCUT2D eigenvalue weighted by Crippen LogP contribution is -1.99. The minimum Gasteiger partial charge on any atom is -0.481 e. The van der Waals surface area contributed by atoms with E-state index in [4.69, 9.17) is 10.5 Å². The molecule has 0 saturated carbocycles. The van der Waals surface area contributed by atoms with Crippen LogP contribution in [0.15, 0.2) is 30.5 Å². The van der Waals surface area contributed by atoms with Gasteiger partial charge in [0, 0.05) is 18.1 Å². The summed E-state index contributed by atoms with van der Waals surface area (Å²) in [6, 6.07) is 7.97. The molecule has 2 rings (SSSR count). The summed E-state index contributed by atoms with van der Waals surface area (Å²) in [7, 11) is 1.62. The molecule has 0 amide bonds. The number of benzene rings is 1. The molecule has 3 heteroatoms. The third-order valence-electron chi connectivity index (χ3n) is 2.25. The lowest BCUT2D eigenvalue weighted by atomic mass is 10.1. The van der Waals surface area contributed by atoms with E-state index >= 15 is 0 Å². The molecule has 0 fully saturated rings. The van der Waals surface area contributed by atoms with Gasteiger partial charge in [0.25, 0.3) is 0 Å². The Balaban J connectivity index is 2.78. The van der Waals surface area contributed by atoms with Gasteiger partial charge in [-0.25, -0.2) is 4.98 Å². The van der Waals surface area contributed by atoms with Crippen molar-refractivity contribution in [3.05, 3.63) is 36.0 Å². The fourth-order valence-corrected chi connectivity index (χ4v) is 1.55. The highest BCUT2D eigenvalue weighted by Gasteiger charge is 2.05. The largest absolute Gasteiger partial charge is 0.481 e. The van der Waals surface area contributed by atoms with E-state index in [1.54, 1.807) is 13.3 Å². The van der Waals surface area contributed by atoms with E-state index in [1.165, 1.54) is 0 Å². The predicted octanol–water partition coefficient (Wildman–Crippen LogP) is 1.70. The van der Waals surface area contributed by atoms with Crippen LogP contribution >= 0.6 is 0 Å². The number of methoxy groups -OCH3 is 1. The van der Waals surface area contributed by atoms with Gasteiger partial charge in [0.2, 0.25) is 5.88 Å². The van der Waals surface area contributed by atoms with Crippen LogP contribution in [-0.2, 0) is 6.54 Å². The summed E-state index contributed by atoms with van der Waals surface area (Å²) >= 11 is 0. The number of fused-ring (bicyclic) bond motifs is 1. The summed E-state index contributed by atoms with van der Waals surface area (Å²) in [4.78, 5) is 4.19. The molecule has 0 spiro atoms. The fourth-order valence-electron chi connectivity index (χ4n) is 1.55. The molecule has 3 nitrogen and oxygen atoms in total. The van der Waals surface area contributed by atoms with Gasteiger partial charge in [0.15, 0.2) is 0 Å². The highest BCUT2D eigenvalue weighted by molar-refractivity contribution is 5.89. The Morgan fingerprint density at radius 1 is 1.29 bits per heavy atom. The Labute approximate surface area is 82.5 Å². The van der Waals surface area contributed by atoms with Gasteiger partial charge in [0.1, 0.15) is 0 Å². The van der Waals surface area contributed by atoms with E-state index in [0.29, 0.717) is 12.4 Å². The van der Waals surface area contributed by atoms with Gasteiger partial charge in [-0.1, -0.05) is 18.2 Å². The Hall–Kier alpha value is -1.61. The third kappa shape index (κ3) is 1.32. The van der Waals surface area contributed by atoms with Crippen LogP contribution in [0.4, 0.5) is 0 Å². The van der Waals surface area contributed by atoms with Crippen LogP contribution in [0.3, 0.4) is 0 Å². The predicted molar refractivity (Wildman–Crippen MR) is 56.2 cm³/mol. The van der Waals surface area contributed by atoms with E-state index in [-0.39, 0.29) is 0 Å². The molecule has 1 aromatic heterocycles. The number of hydrogen-bond donors (Lipinski definition) is 1. The van der Waals surface area contributed by atoms with Crippen molar-refractivity contribution in [2.45, 2.75) is 6.54 Å². The van der Waals surface area contributed by atoms with Crippen molar-refractivity contribution in [1.29, 1.82) is 0 Å². The van der Waals surface area contributed by atoms with E-state index in [2.05, 4.69) is 4.98 Å². The molecule has 0 bridgehead atoms. The first kappa shape index (κ1) is 8.97. The van der Waals surface area contributed by atoms with Crippen LogP contribution in [0.5, 0.6) is 5.88 Å². The normalized spacial score (nSPS) is 10.4. The second-order valence-electron chi connectivity index (χ2n) is 3.04. The Morgan fingerprint density at radius 2 is 2.00 bits per heavy atom. The first-order chi connectivity index (χ1) is 6.86. The van der Waals surface area contributed by atoms with Gasteiger partial charge in [-0.15, -0.1) is 0 Å². The quantitative estimate of drug-likeness (QED) is 0.780. The number of pyridine rings is 1. The maximum Gasteiger partial charge on any atom is 0.221 e. The summed E-state index contributed by atoms with van der Waals surface area (Å²) in [5.74, 6) is 0.651. The van der Waals surface area contributed by atoms with E-state index in [0.717, 1.165) is 16.3 Å². The maximum atomic E-state index is 5.63. The van der Waals surface area contributed by atoms with Gasteiger partial charge in [-0.3, -0.25) is 0 Å². The standard InChI is InChI=1S/C11H12N2O/c1-14-11-10-5-3-2-4-9(10)8(6-12)7-13-11/h2-5,7H,6,12H2,1H3. The van der Waals surface area contributed by atoms with Crippen molar-refractivity contribution in [1.82, 2.24) is 4.98 Å². The molecular formula is C11H12N2O. The number of aromatic nitrogens is 1. The molecule has 0 aliphatic heterocycles. The topological polar surface area (TPSA) is 48.1 Å². The van der Waals surface area contributed by atoms with E-state index in [1.807, 2.05) is 24.3 Å². The number of nitrogens with zero attached hydrogens (tertiary/aromatic N) is 1. The third-order valence-corrected chi connectivity index (χ3v) is 2.25. The van der Waals surface area contributed by atoms with Crippen LogP contribution in [0.2, 0.25) is 0 Å². The molecule has 0 aliphatic rings.